The SMILES string of the molecule is COc1cc(OC)c([C+]2c3ccc([n-]3)[C+](c3ccc(C#N)cc3)c3ccc([n-]3)-c3ccc([n-]3)[C+](c3ccc(C#N)cc3)c3ccc2[n-]3)cc1OC.ClCCl.[Ir].c1cc(-c2ccncc2)ccn1.c1cc(-c2ccncc2)ccn1. The molecule has 9 heterocycles. The minimum atomic E-state index is 0. The van der Waals surface area contributed by atoms with Crippen LogP contribution < -0.4 is 34.1 Å². The predicted octanol–water partition coefficient (Wildman–Crippen LogP) is 12.0. The number of aromatic nitrogens is 8. The molecule has 0 saturated heterocycles. The van der Waals surface area contributed by atoms with E-state index >= 15 is 0 Å². The van der Waals surface area contributed by atoms with Crippen LogP contribution in [0.2, 0.25) is 0 Å². The third kappa shape index (κ3) is 13.1. The van der Waals surface area contributed by atoms with Crippen molar-refractivity contribution in [3.63, 3.8) is 0 Å². The molecule has 1 radical (unpaired) electrons. The van der Waals surface area contributed by atoms with E-state index in [0.29, 0.717) is 85.4 Å². The zero-order valence-electron chi connectivity index (χ0n) is 42.6. The van der Waals surface area contributed by atoms with Crippen LogP contribution in [-0.2, 0) is 20.1 Å². The molecule has 8 aromatic heterocycles. The first-order valence-electron chi connectivity index (χ1n) is 24.1. The molecule has 0 atom stereocenters. The predicted molar refractivity (Wildman–Crippen MR) is 300 cm³/mol. The molecule has 16 heteroatoms. The van der Waals surface area contributed by atoms with Crippen LogP contribution in [0.3, 0.4) is 0 Å². The second-order valence-corrected chi connectivity index (χ2v) is 17.6. The molecule has 389 valence electrons. The molecule has 12 rings (SSSR count). The van der Waals surface area contributed by atoms with Crippen molar-refractivity contribution in [2.75, 3.05) is 26.7 Å². The van der Waals surface area contributed by atoms with Crippen molar-refractivity contribution in [2.24, 2.45) is 0 Å². The number of ether oxygens (including phenoxy) is 3. The molecule has 0 saturated carbocycles. The topological polar surface area (TPSA) is 183 Å². The average Bonchev–Trinajstić information content (AvgIpc) is 4.55. The van der Waals surface area contributed by atoms with E-state index in [0.717, 1.165) is 23.0 Å². The quantitative estimate of drug-likeness (QED) is 0.104. The summed E-state index contributed by atoms with van der Waals surface area (Å²) in [6.07, 6.45) is 14.3. The van der Waals surface area contributed by atoms with Gasteiger partial charge in [0.25, 0.3) is 0 Å². The number of rotatable bonds is 8. The van der Waals surface area contributed by atoms with Crippen LogP contribution in [-0.4, -0.2) is 46.6 Å². The molecule has 0 spiro atoms. The Labute approximate surface area is 481 Å². The molecule has 0 fully saturated rings. The van der Waals surface area contributed by atoms with Gasteiger partial charge in [-0.25, -0.2) is 0 Å². The first-order chi connectivity index (χ1) is 38.4. The molecule has 0 aliphatic carbocycles. The summed E-state index contributed by atoms with van der Waals surface area (Å²) in [7, 11) is 4.78. The fraction of sp³-hybridized carbons (Fsp3) is 0.0635. The van der Waals surface area contributed by atoms with Crippen molar-refractivity contribution in [1.29, 1.82) is 10.5 Å². The largest absolute Gasteiger partial charge is 0.644 e. The Morgan fingerprint density at radius 3 is 1.00 bits per heavy atom. The maximum atomic E-state index is 9.49. The van der Waals surface area contributed by atoms with Gasteiger partial charge >= 0.3 is 0 Å². The van der Waals surface area contributed by atoms with Crippen molar-refractivity contribution in [3.05, 3.63) is 287 Å². The Kier molecular flexibility index (Phi) is 19.1. The Morgan fingerprint density at radius 1 is 0.392 bits per heavy atom. The Morgan fingerprint density at radius 2 is 0.684 bits per heavy atom. The van der Waals surface area contributed by atoms with E-state index in [4.69, 9.17) is 57.3 Å². The summed E-state index contributed by atoms with van der Waals surface area (Å²) < 4.78 is 17.3. The fourth-order valence-corrected chi connectivity index (χ4v) is 8.66. The molecule has 0 unspecified atom stereocenters. The zero-order chi connectivity index (χ0) is 54.2. The summed E-state index contributed by atoms with van der Waals surface area (Å²) in [5.74, 6) is 3.91. The van der Waals surface area contributed by atoms with E-state index in [1.54, 1.807) is 101 Å². The second kappa shape index (κ2) is 27.1. The fourth-order valence-electron chi connectivity index (χ4n) is 8.66. The van der Waals surface area contributed by atoms with Crippen molar-refractivity contribution in [2.45, 2.75) is 0 Å². The second-order valence-electron chi connectivity index (χ2n) is 16.8. The van der Waals surface area contributed by atoms with E-state index in [9.17, 15) is 10.5 Å². The van der Waals surface area contributed by atoms with E-state index in [2.05, 4.69) is 32.1 Å². The van der Waals surface area contributed by atoms with Crippen LogP contribution in [0, 0.1) is 40.4 Å². The summed E-state index contributed by atoms with van der Waals surface area (Å²) in [4.78, 5) is 36.4. The summed E-state index contributed by atoms with van der Waals surface area (Å²) in [5.41, 5.74) is 13.8. The summed E-state index contributed by atoms with van der Waals surface area (Å²) in [6, 6.07) is 54.4. The number of hydrogen-bond acceptors (Lipinski definition) is 9. The van der Waals surface area contributed by atoms with Crippen molar-refractivity contribution in [1.82, 2.24) is 39.9 Å². The minimum Gasteiger partial charge on any atom is -0.644 e. The van der Waals surface area contributed by atoms with Gasteiger partial charge in [0.05, 0.1) is 61.1 Å². The summed E-state index contributed by atoms with van der Waals surface area (Å²) in [6.45, 7) is 0. The van der Waals surface area contributed by atoms with Gasteiger partial charge in [-0.15, -0.1) is 34.6 Å². The molecule has 0 amide bonds. The average molecular weight is 1250 g/mol. The summed E-state index contributed by atoms with van der Waals surface area (Å²) in [5, 5.41) is 19.2. The van der Waals surface area contributed by atoms with Crippen LogP contribution in [0.15, 0.2) is 207 Å². The number of alkyl halides is 2. The minimum absolute atomic E-state index is 0. The summed E-state index contributed by atoms with van der Waals surface area (Å²) >= 11 is 9.53. The van der Waals surface area contributed by atoms with Gasteiger partial charge in [0, 0.05) is 136 Å². The monoisotopic (exact) mass is 1250 g/mol. The Hall–Kier alpha value is -9.40. The molecule has 11 aromatic rings. The van der Waals surface area contributed by atoms with Gasteiger partial charge in [-0.2, -0.15) is 10.5 Å². The van der Waals surface area contributed by atoms with Gasteiger partial charge in [-0.1, -0.05) is 11.4 Å². The van der Waals surface area contributed by atoms with E-state index in [1.165, 1.54) is 22.3 Å². The third-order valence-corrected chi connectivity index (χ3v) is 12.3. The number of fused-ring (bicyclic) bond motifs is 9. The first-order valence-corrected chi connectivity index (χ1v) is 25.2. The number of hydrogen-bond donors (Lipinski definition) is 0. The Balaban J connectivity index is 0.000000238. The van der Waals surface area contributed by atoms with Crippen LogP contribution in [0.4, 0.5) is 0 Å². The molecule has 3 aromatic carbocycles. The van der Waals surface area contributed by atoms with Crippen LogP contribution >= 0.6 is 23.2 Å². The number of benzene rings is 3. The molecule has 79 heavy (non-hydrogen) atoms. The van der Waals surface area contributed by atoms with Gasteiger partial charge in [-0.3, -0.25) is 19.9 Å². The molecule has 13 nitrogen and oxygen atoms in total. The van der Waals surface area contributed by atoms with E-state index in [1.807, 2.05) is 127 Å². The molecular weight excluding hydrogens is 1210 g/mol. The third-order valence-electron chi connectivity index (χ3n) is 12.3. The number of pyridine rings is 4. The van der Waals surface area contributed by atoms with Gasteiger partial charge in [0.15, 0.2) is 17.2 Å². The Bertz CT molecular complexity index is 3460. The zero-order valence-corrected chi connectivity index (χ0v) is 46.5. The molecule has 8 bridgehead atoms. The molecule has 1 aliphatic rings. The maximum absolute atomic E-state index is 9.49. The maximum Gasteiger partial charge on any atom is 0.196 e. The van der Waals surface area contributed by atoms with Gasteiger partial charge in [0.1, 0.15) is 17.7 Å². The van der Waals surface area contributed by atoms with Crippen LogP contribution in [0.1, 0.15) is 62.0 Å². The standard InChI is InChI=1S/C42H27N6O3.2C10H8N2.CH2Cl2.Ir/c1-49-37-21-39(51-3)38(50-2)20-28(37)42-35-18-16-33(47-35)40(26-8-4-24(22-43)5-9-26)31-14-12-29(45-31)30-13-15-32(46-30)41(34-17-19-36(42)48-34)27-10-6-25(23-44)7-11-27;2*1-5-11-6-2-9(1)10-3-7-12-8-4-10;2-1-3;/h4-21H,1-3H3;2*1-8H;1H2;/q-1;;;;. The van der Waals surface area contributed by atoms with Crippen LogP contribution in [0.5, 0.6) is 17.2 Å². The smallest absolute Gasteiger partial charge is 0.196 e. The van der Waals surface area contributed by atoms with Gasteiger partial charge < -0.3 is 34.1 Å². The van der Waals surface area contributed by atoms with E-state index in [-0.39, 0.29) is 25.4 Å². The molecular formula is C63H45Cl2IrN10O3-. The van der Waals surface area contributed by atoms with Crippen LogP contribution in [0.25, 0.3) is 33.6 Å². The molecule has 1 aliphatic heterocycles. The molecule has 0 N–H and O–H groups in total. The van der Waals surface area contributed by atoms with Crippen molar-refractivity contribution >= 4 is 23.2 Å². The van der Waals surface area contributed by atoms with E-state index < -0.39 is 0 Å². The van der Waals surface area contributed by atoms with Gasteiger partial charge in [0.2, 0.25) is 0 Å². The number of methoxy groups -OCH3 is 3. The normalized spacial score (nSPS) is 10.9. The number of halogens is 2. The van der Waals surface area contributed by atoms with Gasteiger partial charge in [-0.05, 0) is 142 Å². The number of nitrogens with zero attached hydrogens (tertiary/aromatic N) is 10. The van der Waals surface area contributed by atoms with Crippen molar-refractivity contribution in [3.8, 4) is 63.0 Å². The first kappa shape index (κ1) is 55.8. The van der Waals surface area contributed by atoms with Crippen molar-refractivity contribution < 1.29 is 34.3 Å². The number of nitriles is 2.